The van der Waals surface area contributed by atoms with E-state index >= 15 is 0 Å². The van der Waals surface area contributed by atoms with E-state index in [2.05, 4.69) is 4.98 Å². The summed E-state index contributed by atoms with van der Waals surface area (Å²) in [4.78, 5) is 3.66. The molecule has 2 nitrogen and oxygen atoms in total. The van der Waals surface area contributed by atoms with Crippen molar-refractivity contribution in [3.05, 3.63) is 27.1 Å². The SMILES string of the molecule is N#Cc1nc(I)ccc1C(F)F. The van der Waals surface area contributed by atoms with Gasteiger partial charge in [0.2, 0.25) is 0 Å². The van der Waals surface area contributed by atoms with Gasteiger partial charge in [0.15, 0.2) is 5.69 Å². The van der Waals surface area contributed by atoms with Gasteiger partial charge < -0.3 is 0 Å². The number of pyridine rings is 1. The van der Waals surface area contributed by atoms with Crippen LogP contribution in [0.15, 0.2) is 12.1 Å². The van der Waals surface area contributed by atoms with Gasteiger partial charge in [-0.3, -0.25) is 0 Å². The summed E-state index contributed by atoms with van der Waals surface area (Å²) in [6, 6.07) is 4.29. The summed E-state index contributed by atoms with van der Waals surface area (Å²) in [5, 5.41) is 8.44. The van der Waals surface area contributed by atoms with E-state index in [0.29, 0.717) is 3.70 Å². The molecule has 1 heterocycles. The van der Waals surface area contributed by atoms with E-state index in [9.17, 15) is 8.78 Å². The number of rotatable bonds is 1. The van der Waals surface area contributed by atoms with Gasteiger partial charge in [-0.05, 0) is 34.7 Å². The third-order valence-corrected chi connectivity index (χ3v) is 1.83. The summed E-state index contributed by atoms with van der Waals surface area (Å²) < 4.78 is 24.8. The standard InChI is InChI=1S/C7H3F2IN2/c8-7(9)4-1-2-6(10)12-5(4)3-11/h1-2,7H. The molecule has 1 aromatic heterocycles. The highest BCUT2D eigenvalue weighted by atomic mass is 127. The Bertz CT molecular complexity index is 333. The smallest absolute Gasteiger partial charge is 0.231 e. The number of nitriles is 1. The number of nitrogens with zero attached hydrogens (tertiary/aromatic N) is 2. The number of hydrogen-bond acceptors (Lipinski definition) is 2. The molecule has 1 aromatic rings. The van der Waals surface area contributed by atoms with Crippen LogP contribution in [0.1, 0.15) is 17.7 Å². The van der Waals surface area contributed by atoms with Crippen molar-refractivity contribution in [3.63, 3.8) is 0 Å². The molecule has 1 rings (SSSR count). The van der Waals surface area contributed by atoms with Gasteiger partial charge in [-0.1, -0.05) is 0 Å². The topological polar surface area (TPSA) is 36.7 Å². The molecule has 12 heavy (non-hydrogen) atoms. The average molecular weight is 280 g/mol. The average Bonchev–Trinajstić information content (AvgIpc) is 2.03. The van der Waals surface area contributed by atoms with Crippen LogP contribution in [0.25, 0.3) is 0 Å². The van der Waals surface area contributed by atoms with Crippen molar-refractivity contribution < 1.29 is 8.78 Å². The summed E-state index contributed by atoms with van der Waals surface area (Å²) in [7, 11) is 0. The third-order valence-electron chi connectivity index (χ3n) is 1.23. The van der Waals surface area contributed by atoms with Crippen LogP contribution >= 0.6 is 22.6 Å². The molecule has 0 fully saturated rings. The molecule has 0 aliphatic carbocycles. The second-order valence-corrected chi connectivity index (χ2v) is 3.09. The van der Waals surface area contributed by atoms with Gasteiger partial charge in [0.1, 0.15) is 9.77 Å². The third kappa shape index (κ3) is 1.88. The molecule has 0 aromatic carbocycles. The summed E-state index contributed by atoms with van der Waals surface area (Å²) in [5.74, 6) is 0. The van der Waals surface area contributed by atoms with E-state index in [-0.39, 0.29) is 11.3 Å². The molecule has 0 aliphatic heterocycles. The first-order valence-electron chi connectivity index (χ1n) is 3.00. The predicted octanol–water partition coefficient (Wildman–Crippen LogP) is 2.50. The van der Waals surface area contributed by atoms with Crippen LogP contribution in [0.2, 0.25) is 0 Å². The predicted molar refractivity (Wildman–Crippen MR) is 46.6 cm³/mol. The normalized spacial score (nSPS) is 9.92. The van der Waals surface area contributed by atoms with Crippen molar-refractivity contribution in [2.75, 3.05) is 0 Å². The number of aromatic nitrogens is 1. The van der Waals surface area contributed by atoms with E-state index in [1.54, 1.807) is 6.07 Å². The van der Waals surface area contributed by atoms with Crippen LogP contribution in [0.5, 0.6) is 0 Å². The molecule has 0 N–H and O–H groups in total. The van der Waals surface area contributed by atoms with Crippen LogP contribution in [0.3, 0.4) is 0 Å². The lowest BCUT2D eigenvalue weighted by atomic mass is 10.2. The van der Waals surface area contributed by atoms with Crippen molar-refractivity contribution >= 4 is 22.6 Å². The van der Waals surface area contributed by atoms with Gasteiger partial charge in [-0.15, -0.1) is 0 Å². The largest absolute Gasteiger partial charge is 0.266 e. The van der Waals surface area contributed by atoms with Crippen molar-refractivity contribution in [2.24, 2.45) is 0 Å². The molecule has 0 atom stereocenters. The fraction of sp³-hybridized carbons (Fsp3) is 0.143. The highest BCUT2D eigenvalue weighted by Gasteiger charge is 2.13. The molecule has 62 valence electrons. The van der Waals surface area contributed by atoms with Crippen LogP contribution in [0, 0.1) is 15.0 Å². The molecule has 0 unspecified atom stereocenters. The van der Waals surface area contributed by atoms with Gasteiger partial charge in [0, 0.05) is 0 Å². The highest BCUT2D eigenvalue weighted by molar-refractivity contribution is 14.1. The maximum absolute atomic E-state index is 12.2. The molecular formula is C7H3F2IN2. The zero-order valence-corrected chi connectivity index (χ0v) is 7.92. The molecule has 0 saturated carbocycles. The molecule has 0 amide bonds. The monoisotopic (exact) mass is 280 g/mol. The minimum atomic E-state index is -2.64. The Balaban J connectivity index is 3.23. The Morgan fingerprint density at radius 2 is 2.17 bits per heavy atom. The lowest BCUT2D eigenvalue weighted by Crippen LogP contribution is -1.95. The van der Waals surface area contributed by atoms with Gasteiger partial charge >= 0.3 is 0 Å². The number of halogens is 3. The van der Waals surface area contributed by atoms with Crippen molar-refractivity contribution in [3.8, 4) is 6.07 Å². The Kier molecular flexibility index (Phi) is 2.92. The summed E-state index contributed by atoms with van der Waals surface area (Å²) in [5.41, 5.74) is -0.505. The first-order chi connectivity index (χ1) is 5.65. The first kappa shape index (κ1) is 9.32. The van der Waals surface area contributed by atoms with Crippen LogP contribution < -0.4 is 0 Å². The zero-order valence-electron chi connectivity index (χ0n) is 5.76. The van der Waals surface area contributed by atoms with E-state index in [1.807, 2.05) is 22.6 Å². The Hall–Kier alpha value is -0.770. The Labute approximate surface area is 81.4 Å². The maximum Gasteiger partial charge on any atom is 0.266 e. The molecule has 0 saturated heterocycles. The van der Waals surface area contributed by atoms with Crippen molar-refractivity contribution in [2.45, 2.75) is 6.43 Å². The number of alkyl halides is 2. The maximum atomic E-state index is 12.2. The quantitative estimate of drug-likeness (QED) is 0.585. The van der Waals surface area contributed by atoms with Gasteiger partial charge in [0.25, 0.3) is 6.43 Å². The van der Waals surface area contributed by atoms with E-state index in [1.165, 1.54) is 12.1 Å². The lowest BCUT2D eigenvalue weighted by molar-refractivity contribution is 0.150. The van der Waals surface area contributed by atoms with Crippen molar-refractivity contribution in [1.82, 2.24) is 4.98 Å². The van der Waals surface area contributed by atoms with E-state index in [4.69, 9.17) is 5.26 Å². The van der Waals surface area contributed by atoms with Crippen LogP contribution in [0.4, 0.5) is 8.78 Å². The summed E-state index contributed by atoms with van der Waals surface area (Å²) >= 11 is 1.86. The van der Waals surface area contributed by atoms with Gasteiger partial charge in [-0.25, -0.2) is 13.8 Å². The fourth-order valence-electron chi connectivity index (χ4n) is 0.712. The molecule has 0 spiro atoms. The Morgan fingerprint density at radius 1 is 1.50 bits per heavy atom. The highest BCUT2D eigenvalue weighted by Crippen LogP contribution is 2.21. The fourth-order valence-corrected chi connectivity index (χ4v) is 1.13. The zero-order chi connectivity index (χ0) is 9.14. The van der Waals surface area contributed by atoms with Crippen molar-refractivity contribution in [1.29, 1.82) is 5.26 Å². The molecular weight excluding hydrogens is 277 g/mol. The lowest BCUT2D eigenvalue weighted by Gasteiger charge is -2.00. The van der Waals surface area contributed by atoms with Gasteiger partial charge in [-0.2, -0.15) is 5.26 Å². The van der Waals surface area contributed by atoms with Gasteiger partial charge in [0.05, 0.1) is 5.56 Å². The summed E-state index contributed by atoms with van der Waals surface area (Å²) in [6.07, 6.45) is -2.64. The van der Waals surface area contributed by atoms with Crippen LogP contribution in [-0.2, 0) is 0 Å². The van der Waals surface area contributed by atoms with E-state index in [0.717, 1.165) is 0 Å². The Morgan fingerprint density at radius 3 is 2.67 bits per heavy atom. The van der Waals surface area contributed by atoms with Crippen LogP contribution in [-0.4, -0.2) is 4.98 Å². The molecule has 5 heteroatoms. The van der Waals surface area contributed by atoms with E-state index < -0.39 is 6.43 Å². The molecule has 0 bridgehead atoms. The number of hydrogen-bond donors (Lipinski definition) is 0. The second kappa shape index (κ2) is 3.76. The molecule has 0 radical (unpaired) electrons. The minimum Gasteiger partial charge on any atom is -0.231 e. The first-order valence-corrected chi connectivity index (χ1v) is 4.07. The second-order valence-electron chi connectivity index (χ2n) is 1.98. The molecule has 0 aliphatic rings. The minimum absolute atomic E-state index is 0.197. The summed E-state index contributed by atoms with van der Waals surface area (Å²) in [6.45, 7) is 0.